The van der Waals surface area contributed by atoms with Gasteiger partial charge in [0, 0.05) is 0 Å². The molecule has 4 aliphatic rings. The summed E-state index contributed by atoms with van der Waals surface area (Å²) in [6.45, 7) is 4.72. The predicted octanol–water partition coefficient (Wildman–Crippen LogP) is 1.32. The van der Waals surface area contributed by atoms with Crippen LogP contribution in [0.1, 0.15) is 52.4 Å². The molecule has 0 aromatic heterocycles. The van der Waals surface area contributed by atoms with Crippen molar-refractivity contribution in [1.29, 1.82) is 0 Å². The molecule has 1 aliphatic heterocycles. The minimum absolute atomic E-state index is 0.113. The van der Waals surface area contributed by atoms with Gasteiger partial charge in [-0.3, -0.25) is 0 Å². The number of aliphatic hydroxyl groups excluding tert-OH is 3. The van der Waals surface area contributed by atoms with E-state index < -0.39 is 24.5 Å². The van der Waals surface area contributed by atoms with E-state index in [1.54, 1.807) is 0 Å². The van der Waals surface area contributed by atoms with Crippen LogP contribution in [0.15, 0.2) is 11.6 Å². The van der Waals surface area contributed by atoms with Crippen LogP contribution in [0.5, 0.6) is 0 Å². The largest absolute Gasteiger partial charge is 0.393 e. The maximum Gasteiger partial charge on any atom is 0.186 e. The molecule has 0 amide bonds. The van der Waals surface area contributed by atoms with Crippen molar-refractivity contribution < 1.29 is 24.8 Å². The number of nitrogens with two attached hydrogens (primary N) is 1. The van der Waals surface area contributed by atoms with E-state index in [4.69, 9.17) is 15.2 Å². The fourth-order valence-electron chi connectivity index (χ4n) is 6.08. The Hall–Kier alpha value is -0.500. The van der Waals surface area contributed by atoms with Crippen molar-refractivity contribution >= 4 is 0 Å². The fraction of sp³-hybridized carbons (Fsp3) is 0.905. The molecule has 0 aromatic rings. The Balaban J connectivity index is 1.47. The lowest BCUT2D eigenvalue weighted by atomic mass is 9.51. The highest BCUT2D eigenvalue weighted by atomic mass is 16.7. The van der Waals surface area contributed by atoms with Gasteiger partial charge in [0.1, 0.15) is 12.2 Å². The molecule has 1 saturated heterocycles. The van der Waals surface area contributed by atoms with Gasteiger partial charge in [-0.2, -0.15) is 0 Å². The summed E-state index contributed by atoms with van der Waals surface area (Å²) in [6.07, 6.45) is 5.19. The van der Waals surface area contributed by atoms with E-state index in [1.165, 1.54) is 12.0 Å². The number of hydrogen-bond acceptors (Lipinski definition) is 6. The van der Waals surface area contributed by atoms with Crippen LogP contribution < -0.4 is 5.73 Å². The first-order valence-electron chi connectivity index (χ1n) is 10.6. The second-order valence-corrected chi connectivity index (χ2v) is 9.52. The third-order valence-corrected chi connectivity index (χ3v) is 7.94. The molecule has 3 fully saturated rings. The number of fused-ring (bicyclic) bond motifs is 3. The third kappa shape index (κ3) is 3.38. The van der Waals surface area contributed by atoms with Crippen molar-refractivity contribution in [2.45, 2.75) is 89.1 Å². The monoisotopic (exact) mass is 381 g/mol. The maximum atomic E-state index is 10.7. The van der Waals surface area contributed by atoms with Crippen LogP contribution in [0, 0.1) is 23.2 Å². The molecule has 6 heteroatoms. The highest BCUT2D eigenvalue weighted by molar-refractivity contribution is 5.24. The van der Waals surface area contributed by atoms with Crippen LogP contribution in [0.3, 0.4) is 0 Å². The number of aliphatic hydroxyl groups is 3. The highest BCUT2D eigenvalue weighted by Crippen LogP contribution is 2.58. The van der Waals surface area contributed by atoms with E-state index >= 15 is 0 Å². The standard InChI is InChI=1S/C21H35NO5/c1-11-3-6-15-14(17(11)23)5-4-12-9-13(7-8-21(12,15)2)27-20-19(25)18(24)16(22)10-26-20/h9,11,13-20,23-25H,3-8,10,22H2,1-2H3/t11?,13-,14?,15?,16-,17?,18?,19-,20?,21-/m0/s1. The molecule has 4 rings (SSSR count). The average Bonchev–Trinajstić information content (AvgIpc) is 2.65. The number of hydrogen-bond donors (Lipinski definition) is 4. The fourth-order valence-corrected chi connectivity index (χ4v) is 6.08. The Bertz CT molecular complexity index is 583. The second kappa shape index (κ2) is 7.39. The Kier molecular flexibility index (Phi) is 5.42. The Morgan fingerprint density at radius 1 is 1.11 bits per heavy atom. The van der Waals surface area contributed by atoms with Crippen LogP contribution in [0.25, 0.3) is 0 Å². The molecule has 3 aliphatic carbocycles. The van der Waals surface area contributed by atoms with E-state index in [1.807, 2.05) is 0 Å². The lowest BCUT2D eigenvalue weighted by Crippen LogP contribution is -2.57. The van der Waals surface area contributed by atoms with Crippen molar-refractivity contribution in [3.63, 3.8) is 0 Å². The Morgan fingerprint density at radius 3 is 2.67 bits per heavy atom. The van der Waals surface area contributed by atoms with Crippen LogP contribution in [-0.2, 0) is 9.47 Å². The van der Waals surface area contributed by atoms with E-state index in [9.17, 15) is 15.3 Å². The maximum absolute atomic E-state index is 10.7. The van der Waals surface area contributed by atoms with E-state index in [0.29, 0.717) is 17.8 Å². The van der Waals surface area contributed by atoms with Gasteiger partial charge in [0.05, 0.1) is 24.9 Å². The van der Waals surface area contributed by atoms with Gasteiger partial charge in [-0.05, 0) is 61.7 Å². The third-order valence-electron chi connectivity index (χ3n) is 7.94. The smallest absolute Gasteiger partial charge is 0.186 e. The molecule has 0 radical (unpaired) electrons. The highest BCUT2D eigenvalue weighted by Gasteiger charge is 2.51. The van der Waals surface area contributed by atoms with Crippen LogP contribution >= 0.6 is 0 Å². The van der Waals surface area contributed by atoms with Crippen LogP contribution in [-0.4, -0.2) is 58.7 Å². The van der Waals surface area contributed by atoms with Gasteiger partial charge in [0.2, 0.25) is 0 Å². The molecule has 0 spiro atoms. The topological polar surface area (TPSA) is 105 Å². The average molecular weight is 382 g/mol. The zero-order valence-corrected chi connectivity index (χ0v) is 16.5. The SMILES string of the molecule is CC1CCC2C(CCC3=C[C@@H](OC4OC[C@H](N)C(O)[C@@H]4O)CC[C@@]32C)C1O. The van der Waals surface area contributed by atoms with Crippen LogP contribution in [0.2, 0.25) is 0 Å². The number of allylic oxidation sites excluding steroid dienone is 1. The predicted molar refractivity (Wildman–Crippen MR) is 101 cm³/mol. The summed E-state index contributed by atoms with van der Waals surface area (Å²) in [7, 11) is 0. The molecule has 2 saturated carbocycles. The summed E-state index contributed by atoms with van der Waals surface area (Å²) in [4.78, 5) is 0. The van der Waals surface area contributed by atoms with E-state index in [-0.39, 0.29) is 24.2 Å². The minimum Gasteiger partial charge on any atom is -0.393 e. The van der Waals surface area contributed by atoms with Gasteiger partial charge in [-0.25, -0.2) is 0 Å². The first kappa shape index (κ1) is 19.8. The first-order valence-corrected chi connectivity index (χ1v) is 10.6. The zero-order valence-electron chi connectivity index (χ0n) is 16.5. The number of rotatable bonds is 2. The van der Waals surface area contributed by atoms with E-state index in [0.717, 1.165) is 32.1 Å². The molecule has 6 unspecified atom stereocenters. The zero-order chi connectivity index (χ0) is 19.3. The molecule has 27 heavy (non-hydrogen) atoms. The molecule has 1 heterocycles. The minimum atomic E-state index is -1.12. The summed E-state index contributed by atoms with van der Waals surface area (Å²) >= 11 is 0. The van der Waals surface area contributed by atoms with Gasteiger partial charge in [-0.15, -0.1) is 0 Å². The summed E-state index contributed by atoms with van der Waals surface area (Å²) in [5, 5.41) is 30.9. The molecular weight excluding hydrogens is 346 g/mol. The number of ether oxygens (including phenoxy) is 2. The lowest BCUT2D eigenvalue weighted by Gasteiger charge is -2.55. The second-order valence-electron chi connectivity index (χ2n) is 9.52. The molecule has 10 atom stereocenters. The van der Waals surface area contributed by atoms with Gasteiger partial charge >= 0.3 is 0 Å². The van der Waals surface area contributed by atoms with Crippen molar-refractivity contribution in [2.75, 3.05) is 6.61 Å². The summed E-state index contributed by atoms with van der Waals surface area (Å²) in [5.41, 5.74) is 7.30. The normalized spacial score (nSPS) is 53.3. The Labute approximate surface area is 161 Å². The molecule has 5 N–H and O–H groups in total. The molecule has 6 nitrogen and oxygen atoms in total. The van der Waals surface area contributed by atoms with Crippen molar-refractivity contribution in [2.24, 2.45) is 28.9 Å². The summed E-state index contributed by atoms with van der Waals surface area (Å²) < 4.78 is 11.5. The molecule has 0 bridgehead atoms. The summed E-state index contributed by atoms with van der Waals surface area (Å²) in [5.74, 6) is 1.36. The van der Waals surface area contributed by atoms with E-state index in [2.05, 4.69) is 19.9 Å². The molecule has 154 valence electrons. The van der Waals surface area contributed by atoms with Crippen molar-refractivity contribution in [1.82, 2.24) is 0 Å². The molecular formula is C21H35NO5. The lowest BCUT2D eigenvalue weighted by molar-refractivity contribution is -0.259. The Morgan fingerprint density at radius 2 is 1.89 bits per heavy atom. The van der Waals surface area contributed by atoms with Gasteiger partial charge in [0.15, 0.2) is 6.29 Å². The van der Waals surface area contributed by atoms with Crippen LogP contribution in [0.4, 0.5) is 0 Å². The van der Waals surface area contributed by atoms with Crippen molar-refractivity contribution in [3.05, 3.63) is 11.6 Å². The van der Waals surface area contributed by atoms with Gasteiger partial charge < -0.3 is 30.5 Å². The first-order chi connectivity index (χ1) is 12.8. The van der Waals surface area contributed by atoms with Gasteiger partial charge in [0.25, 0.3) is 0 Å². The quantitative estimate of drug-likeness (QED) is 0.538. The summed E-state index contributed by atoms with van der Waals surface area (Å²) in [6, 6.07) is -0.580. The van der Waals surface area contributed by atoms with Gasteiger partial charge in [-0.1, -0.05) is 25.5 Å². The van der Waals surface area contributed by atoms with Crippen molar-refractivity contribution in [3.8, 4) is 0 Å². The molecule has 0 aromatic carbocycles.